The van der Waals surface area contributed by atoms with E-state index in [1.54, 1.807) is 13.2 Å². The highest BCUT2D eigenvalue weighted by Crippen LogP contribution is 2.27. The third-order valence-electron chi connectivity index (χ3n) is 2.79. The van der Waals surface area contributed by atoms with E-state index in [4.69, 9.17) is 4.74 Å². The molecule has 0 radical (unpaired) electrons. The topological polar surface area (TPSA) is 21.3 Å². The number of hydrogen-bond donors (Lipinski definition) is 1. The van der Waals surface area contributed by atoms with Crippen molar-refractivity contribution in [2.24, 2.45) is 0 Å². The van der Waals surface area contributed by atoms with Crippen LogP contribution in [0.3, 0.4) is 0 Å². The molecule has 0 aromatic heterocycles. The average molecular weight is 324 g/mol. The molecule has 0 aliphatic heterocycles. The van der Waals surface area contributed by atoms with Gasteiger partial charge in [0, 0.05) is 11.6 Å². The van der Waals surface area contributed by atoms with E-state index in [-0.39, 0.29) is 11.9 Å². The summed E-state index contributed by atoms with van der Waals surface area (Å²) in [5.74, 6) is -0.269. The third kappa shape index (κ3) is 3.78. The first-order valence-corrected chi connectivity index (χ1v) is 6.75. The van der Waals surface area contributed by atoms with Crippen LogP contribution in [0.4, 0.5) is 10.1 Å². The number of nitrogens with one attached hydrogen (secondary N) is 1. The van der Waals surface area contributed by atoms with Crippen molar-refractivity contribution in [2.45, 2.75) is 6.04 Å². The van der Waals surface area contributed by atoms with E-state index in [2.05, 4.69) is 21.2 Å². The molecule has 2 rings (SSSR count). The van der Waals surface area contributed by atoms with Crippen molar-refractivity contribution < 1.29 is 9.13 Å². The highest BCUT2D eigenvalue weighted by Gasteiger charge is 2.12. The largest absolute Gasteiger partial charge is 0.382 e. The zero-order valence-electron chi connectivity index (χ0n) is 10.6. The molecular formula is C15H15BrFNO. The van der Waals surface area contributed by atoms with Gasteiger partial charge in [0.2, 0.25) is 0 Å². The van der Waals surface area contributed by atoms with E-state index in [1.807, 2.05) is 30.3 Å². The third-order valence-corrected chi connectivity index (χ3v) is 3.48. The Labute approximate surface area is 120 Å². The fraction of sp³-hybridized carbons (Fsp3) is 0.200. The fourth-order valence-electron chi connectivity index (χ4n) is 1.87. The van der Waals surface area contributed by atoms with Crippen LogP contribution >= 0.6 is 15.9 Å². The highest BCUT2D eigenvalue weighted by atomic mass is 79.9. The molecule has 0 fully saturated rings. The molecule has 0 spiro atoms. The summed E-state index contributed by atoms with van der Waals surface area (Å²) in [5, 5.41) is 3.29. The standard InChI is InChI=1S/C15H15BrFNO/c1-19-10-15(11-5-3-2-4-6-11)18-14-9-12(17)7-8-13(14)16/h2-9,15,18H,10H2,1H3. The van der Waals surface area contributed by atoms with Crippen LogP contribution in [0.25, 0.3) is 0 Å². The molecule has 19 heavy (non-hydrogen) atoms. The van der Waals surface area contributed by atoms with E-state index in [0.717, 1.165) is 10.0 Å². The molecule has 0 aliphatic rings. The summed E-state index contributed by atoms with van der Waals surface area (Å²) in [6.45, 7) is 0.507. The molecule has 100 valence electrons. The van der Waals surface area contributed by atoms with E-state index in [9.17, 15) is 4.39 Å². The molecule has 0 saturated heterocycles. The van der Waals surface area contributed by atoms with Gasteiger partial charge in [-0.25, -0.2) is 4.39 Å². The fourth-order valence-corrected chi connectivity index (χ4v) is 2.23. The Morgan fingerprint density at radius 2 is 1.95 bits per heavy atom. The maximum Gasteiger partial charge on any atom is 0.125 e. The Kier molecular flexibility index (Phi) is 4.93. The quantitative estimate of drug-likeness (QED) is 0.881. The van der Waals surface area contributed by atoms with Gasteiger partial charge in [-0.15, -0.1) is 0 Å². The molecule has 0 heterocycles. The summed E-state index contributed by atoms with van der Waals surface area (Å²) >= 11 is 3.41. The highest BCUT2D eigenvalue weighted by molar-refractivity contribution is 9.10. The van der Waals surface area contributed by atoms with Crippen molar-refractivity contribution in [1.29, 1.82) is 0 Å². The monoisotopic (exact) mass is 323 g/mol. The predicted molar refractivity (Wildman–Crippen MR) is 78.8 cm³/mol. The van der Waals surface area contributed by atoms with E-state index in [0.29, 0.717) is 12.3 Å². The zero-order chi connectivity index (χ0) is 13.7. The van der Waals surface area contributed by atoms with Crippen LogP contribution in [0.5, 0.6) is 0 Å². The van der Waals surface area contributed by atoms with Crippen molar-refractivity contribution in [1.82, 2.24) is 0 Å². The second-order valence-corrected chi connectivity index (χ2v) is 5.04. The maximum absolute atomic E-state index is 13.3. The second-order valence-electron chi connectivity index (χ2n) is 4.19. The number of ether oxygens (including phenoxy) is 1. The summed E-state index contributed by atoms with van der Waals surface area (Å²) < 4.78 is 19.3. The molecule has 1 unspecified atom stereocenters. The van der Waals surface area contributed by atoms with Crippen LogP contribution in [0.1, 0.15) is 11.6 Å². The molecule has 2 aromatic carbocycles. The molecule has 4 heteroatoms. The van der Waals surface area contributed by atoms with E-state index in [1.165, 1.54) is 12.1 Å². The number of rotatable bonds is 5. The van der Waals surface area contributed by atoms with Crippen molar-refractivity contribution in [3.05, 3.63) is 64.4 Å². The summed E-state index contributed by atoms with van der Waals surface area (Å²) in [4.78, 5) is 0. The lowest BCUT2D eigenvalue weighted by Crippen LogP contribution is -2.16. The van der Waals surface area contributed by atoms with Crippen molar-refractivity contribution in [3.63, 3.8) is 0 Å². The van der Waals surface area contributed by atoms with Gasteiger partial charge in [-0.3, -0.25) is 0 Å². The van der Waals surface area contributed by atoms with E-state index < -0.39 is 0 Å². The minimum Gasteiger partial charge on any atom is -0.382 e. The Morgan fingerprint density at radius 3 is 2.63 bits per heavy atom. The van der Waals surface area contributed by atoms with Gasteiger partial charge in [-0.2, -0.15) is 0 Å². The molecule has 0 aliphatic carbocycles. The molecule has 2 aromatic rings. The van der Waals surface area contributed by atoms with Gasteiger partial charge in [-0.1, -0.05) is 30.3 Å². The lowest BCUT2D eigenvalue weighted by atomic mass is 10.1. The second kappa shape index (κ2) is 6.68. The number of benzene rings is 2. The van der Waals surface area contributed by atoms with Gasteiger partial charge < -0.3 is 10.1 Å². The van der Waals surface area contributed by atoms with Crippen LogP contribution in [0.2, 0.25) is 0 Å². The molecular weight excluding hydrogens is 309 g/mol. The van der Waals surface area contributed by atoms with Gasteiger partial charge in [0.05, 0.1) is 18.3 Å². The predicted octanol–water partition coefficient (Wildman–Crippen LogP) is 4.39. The van der Waals surface area contributed by atoms with Crippen LogP contribution in [-0.2, 0) is 4.74 Å². The first kappa shape index (κ1) is 14.0. The smallest absolute Gasteiger partial charge is 0.125 e. The van der Waals surface area contributed by atoms with E-state index >= 15 is 0 Å². The molecule has 0 bridgehead atoms. The van der Waals surface area contributed by atoms with Crippen molar-refractivity contribution >= 4 is 21.6 Å². The number of methoxy groups -OCH3 is 1. The lowest BCUT2D eigenvalue weighted by molar-refractivity contribution is 0.186. The Hall–Kier alpha value is -1.39. The number of hydrogen-bond acceptors (Lipinski definition) is 2. The minimum absolute atomic E-state index is 0.0238. The Morgan fingerprint density at radius 1 is 1.21 bits per heavy atom. The summed E-state index contributed by atoms with van der Waals surface area (Å²) in [5.41, 5.74) is 1.81. The first-order valence-electron chi connectivity index (χ1n) is 5.96. The molecule has 1 N–H and O–H groups in total. The van der Waals surface area contributed by atoms with Crippen LogP contribution in [0.15, 0.2) is 53.0 Å². The normalized spacial score (nSPS) is 12.2. The van der Waals surface area contributed by atoms with Crippen molar-refractivity contribution in [2.75, 3.05) is 19.0 Å². The lowest BCUT2D eigenvalue weighted by Gasteiger charge is -2.20. The zero-order valence-corrected chi connectivity index (χ0v) is 12.2. The van der Waals surface area contributed by atoms with Gasteiger partial charge in [0.25, 0.3) is 0 Å². The van der Waals surface area contributed by atoms with Gasteiger partial charge >= 0.3 is 0 Å². The average Bonchev–Trinajstić information content (AvgIpc) is 2.43. The number of anilines is 1. The van der Waals surface area contributed by atoms with Crippen molar-refractivity contribution in [3.8, 4) is 0 Å². The molecule has 0 amide bonds. The minimum atomic E-state index is -0.269. The summed E-state index contributed by atoms with van der Waals surface area (Å²) in [6, 6.07) is 14.5. The van der Waals surface area contributed by atoms with Crippen LogP contribution in [0, 0.1) is 5.82 Å². The Bertz CT molecular complexity index is 533. The molecule has 1 atom stereocenters. The maximum atomic E-state index is 13.3. The van der Waals surface area contributed by atoms with Gasteiger partial charge in [0.15, 0.2) is 0 Å². The summed E-state index contributed by atoms with van der Waals surface area (Å²) in [6.07, 6.45) is 0. The van der Waals surface area contributed by atoms with Gasteiger partial charge in [0.1, 0.15) is 5.82 Å². The van der Waals surface area contributed by atoms with Gasteiger partial charge in [-0.05, 0) is 39.7 Å². The van der Waals surface area contributed by atoms with Crippen LogP contribution in [-0.4, -0.2) is 13.7 Å². The Balaban J connectivity index is 2.24. The molecule has 0 saturated carbocycles. The summed E-state index contributed by atoms with van der Waals surface area (Å²) in [7, 11) is 1.65. The molecule has 2 nitrogen and oxygen atoms in total. The SMILES string of the molecule is COCC(Nc1cc(F)ccc1Br)c1ccccc1. The number of halogens is 2. The van der Waals surface area contributed by atoms with Crippen LogP contribution < -0.4 is 5.32 Å². The first-order chi connectivity index (χ1) is 9.20.